The van der Waals surface area contributed by atoms with Crippen LogP contribution in [0.3, 0.4) is 0 Å². The quantitative estimate of drug-likeness (QED) is 0.830. The molecule has 0 spiro atoms. The van der Waals surface area contributed by atoms with Gasteiger partial charge >= 0.3 is 5.97 Å². The van der Waals surface area contributed by atoms with E-state index in [2.05, 4.69) is 10.3 Å². The summed E-state index contributed by atoms with van der Waals surface area (Å²) in [4.78, 5) is 26.5. The summed E-state index contributed by atoms with van der Waals surface area (Å²) in [5.41, 5.74) is 0.936. The lowest BCUT2D eigenvalue weighted by Gasteiger charge is -2.05. The molecule has 1 aromatic carbocycles. The molecule has 2 rings (SSSR count). The number of carboxylic acids is 1. The van der Waals surface area contributed by atoms with Gasteiger partial charge in [-0.3, -0.25) is 9.59 Å². The predicted octanol–water partition coefficient (Wildman–Crippen LogP) is 2.48. The minimum atomic E-state index is -0.877. The number of halogens is 1. The van der Waals surface area contributed by atoms with Gasteiger partial charge in [-0.2, -0.15) is 0 Å². The molecule has 0 unspecified atom stereocenters. The summed E-state index contributed by atoms with van der Waals surface area (Å²) in [5, 5.41) is 12.6. The number of pyridine rings is 1. The van der Waals surface area contributed by atoms with Crippen molar-refractivity contribution in [1.29, 1.82) is 0 Å². The van der Waals surface area contributed by atoms with E-state index in [1.165, 1.54) is 0 Å². The van der Waals surface area contributed by atoms with E-state index >= 15 is 0 Å². The van der Waals surface area contributed by atoms with Crippen molar-refractivity contribution < 1.29 is 14.7 Å². The van der Waals surface area contributed by atoms with Crippen LogP contribution in [0.5, 0.6) is 0 Å². The molecule has 0 aliphatic carbocycles. The lowest BCUT2D eigenvalue weighted by molar-refractivity contribution is -0.137. The minimum Gasteiger partial charge on any atom is -0.481 e. The Balaban J connectivity index is 2.04. The second-order valence-electron chi connectivity index (χ2n) is 4.29. The molecule has 1 amide bonds. The zero-order chi connectivity index (χ0) is 14.5. The number of fused-ring (bicyclic) bond motifs is 1. The summed E-state index contributed by atoms with van der Waals surface area (Å²) in [5.74, 6) is -1.20. The number of nitrogens with zero attached hydrogens (tertiary/aromatic N) is 1. The smallest absolute Gasteiger partial charge is 0.303 e. The molecule has 2 N–H and O–H groups in total. The Hall–Kier alpha value is -2.14. The molecule has 0 bridgehead atoms. The van der Waals surface area contributed by atoms with Gasteiger partial charge in [0, 0.05) is 23.4 Å². The first-order valence-electron chi connectivity index (χ1n) is 6.12. The van der Waals surface area contributed by atoms with E-state index in [0.29, 0.717) is 23.5 Å². The first-order chi connectivity index (χ1) is 9.56. The molecule has 0 atom stereocenters. The summed E-state index contributed by atoms with van der Waals surface area (Å²) in [6, 6.07) is 8.71. The summed E-state index contributed by atoms with van der Waals surface area (Å²) in [7, 11) is 0. The molecule has 0 aliphatic rings. The van der Waals surface area contributed by atoms with Crippen molar-refractivity contribution in [1.82, 2.24) is 10.3 Å². The van der Waals surface area contributed by atoms with Gasteiger partial charge in [0.15, 0.2) is 0 Å². The van der Waals surface area contributed by atoms with Crippen molar-refractivity contribution in [2.75, 3.05) is 6.54 Å². The molecule has 0 radical (unpaired) electrons. The molecule has 0 aliphatic heterocycles. The first kappa shape index (κ1) is 14.3. The lowest BCUT2D eigenvalue weighted by Crippen LogP contribution is -2.25. The molecule has 0 fully saturated rings. The van der Waals surface area contributed by atoms with Crippen LogP contribution in [0.4, 0.5) is 0 Å². The van der Waals surface area contributed by atoms with Gasteiger partial charge in [0.2, 0.25) is 0 Å². The van der Waals surface area contributed by atoms with Crippen LogP contribution < -0.4 is 5.32 Å². The van der Waals surface area contributed by atoms with Crippen LogP contribution in [0, 0.1) is 0 Å². The molecule has 0 saturated heterocycles. The number of rotatable bonds is 5. The molecule has 104 valence electrons. The first-order valence-corrected chi connectivity index (χ1v) is 6.50. The van der Waals surface area contributed by atoms with Gasteiger partial charge in [-0.15, -0.1) is 0 Å². The average molecular weight is 293 g/mol. The molecule has 5 nitrogen and oxygen atoms in total. The Bertz CT molecular complexity index is 658. The van der Waals surface area contributed by atoms with Gasteiger partial charge < -0.3 is 10.4 Å². The van der Waals surface area contributed by atoms with Gasteiger partial charge in [-0.25, -0.2) is 4.98 Å². The molecule has 1 heterocycles. The number of carboxylic acid groups (broad SMARTS) is 1. The molecule has 20 heavy (non-hydrogen) atoms. The average Bonchev–Trinajstić information content (AvgIpc) is 2.42. The maximum Gasteiger partial charge on any atom is 0.303 e. The molecular weight excluding hydrogens is 280 g/mol. The van der Waals surface area contributed by atoms with Crippen molar-refractivity contribution in [2.45, 2.75) is 12.8 Å². The van der Waals surface area contributed by atoms with E-state index < -0.39 is 5.97 Å². The van der Waals surface area contributed by atoms with E-state index in [0.717, 1.165) is 5.39 Å². The standard InChI is InChI=1S/C14H13ClN2O3/c15-10-5-3-9-4-6-11(17-12(9)8-10)14(20)16-7-1-2-13(18)19/h3-6,8H,1-2,7H2,(H,16,20)(H,18,19). The number of carbonyl (C=O) groups excluding carboxylic acids is 1. The molecule has 2 aromatic rings. The molecule has 1 aromatic heterocycles. The van der Waals surface area contributed by atoms with Crippen molar-refractivity contribution in [3.05, 3.63) is 41.0 Å². The Morgan fingerprint density at radius 1 is 1.25 bits per heavy atom. The second kappa shape index (κ2) is 6.34. The summed E-state index contributed by atoms with van der Waals surface area (Å²) >= 11 is 5.89. The number of carbonyl (C=O) groups is 2. The predicted molar refractivity (Wildman–Crippen MR) is 76.0 cm³/mol. The van der Waals surface area contributed by atoms with E-state index in [4.69, 9.17) is 16.7 Å². The van der Waals surface area contributed by atoms with Gasteiger partial charge in [0.1, 0.15) is 5.69 Å². The number of benzene rings is 1. The number of hydrogen-bond acceptors (Lipinski definition) is 3. The Labute approximate surface area is 120 Å². The van der Waals surface area contributed by atoms with E-state index in [-0.39, 0.29) is 18.0 Å². The van der Waals surface area contributed by atoms with Crippen molar-refractivity contribution in [3.8, 4) is 0 Å². The fourth-order valence-electron chi connectivity index (χ4n) is 1.75. The minimum absolute atomic E-state index is 0.0288. The number of hydrogen-bond donors (Lipinski definition) is 2. The highest BCUT2D eigenvalue weighted by molar-refractivity contribution is 6.31. The lowest BCUT2D eigenvalue weighted by atomic mass is 10.2. The van der Waals surface area contributed by atoms with Crippen molar-refractivity contribution in [3.63, 3.8) is 0 Å². The van der Waals surface area contributed by atoms with Crippen LogP contribution in [0.2, 0.25) is 5.02 Å². The normalized spacial score (nSPS) is 10.4. The zero-order valence-corrected chi connectivity index (χ0v) is 11.4. The zero-order valence-electron chi connectivity index (χ0n) is 10.6. The highest BCUT2D eigenvalue weighted by Gasteiger charge is 2.08. The number of nitrogens with one attached hydrogen (secondary N) is 1. The summed E-state index contributed by atoms with van der Waals surface area (Å²) < 4.78 is 0. The fraction of sp³-hybridized carbons (Fsp3) is 0.214. The molecular formula is C14H13ClN2O3. The van der Waals surface area contributed by atoms with Gasteiger partial charge in [-0.1, -0.05) is 23.7 Å². The van der Waals surface area contributed by atoms with Crippen LogP contribution in [-0.4, -0.2) is 28.5 Å². The number of aromatic nitrogens is 1. The number of aliphatic carboxylic acids is 1. The van der Waals surface area contributed by atoms with Crippen molar-refractivity contribution >= 4 is 34.4 Å². The van der Waals surface area contributed by atoms with Gasteiger partial charge in [0.25, 0.3) is 5.91 Å². The third-order valence-electron chi connectivity index (χ3n) is 2.74. The monoisotopic (exact) mass is 292 g/mol. The largest absolute Gasteiger partial charge is 0.481 e. The highest BCUT2D eigenvalue weighted by Crippen LogP contribution is 2.17. The SMILES string of the molecule is O=C(O)CCCNC(=O)c1ccc2ccc(Cl)cc2n1. The van der Waals surface area contributed by atoms with Gasteiger partial charge in [0.05, 0.1) is 5.52 Å². The van der Waals surface area contributed by atoms with Crippen LogP contribution in [-0.2, 0) is 4.79 Å². The fourth-order valence-corrected chi connectivity index (χ4v) is 1.92. The maximum atomic E-state index is 11.9. The Kier molecular flexibility index (Phi) is 4.53. The third-order valence-corrected chi connectivity index (χ3v) is 2.97. The highest BCUT2D eigenvalue weighted by atomic mass is 35.5. The Morgan fingerprint density at radius 3 is 2.75 bits per heavy atom. The van der Waals surface area contributed by atoms with E-state index in [1.54, 1.807) is 24.3 Å². The summed E-state index contributed by atoms with van der Waals surface area (Å²) in [6.07, 6.45) is 0.418. The van der Waals surface area contributed by atoms with E-state index in [9.17, 15) is 9.59 Å². The Morgan fingerprint density at radius 2 is 2.00 bits per heavy atom. The molecule has 6 heteroatoms. The van der Waals surface area contributed by atoms with E-state index in [1.807, 2.05) is 6.07 Å². The molecule has 0 saturated carbocycles. The van der Waals surface area contributed by atoms with Crippen molar-refractivity contribution in [2.24, 2.45) is 0 Å². The van der Waals surface area contributed by atoms with Crippen LogP contribution >= 0.6 is 11.6 Å². The second-order valence-corrected chi connectivity index (χ2v) is 4.72. The summed E-state index contributed by atoms with van der Waals surface area (Å²) in [6.45, 7) is 0.306. The van der Waals surface area contributed by atoms with Crippen LogP contribution in [0.15, 0.2) is 30.3 Å². The maximum absolute atomic E-state index is 11.9. The van der Waals surface area contributed by atoms with Crippen LogP contribution in [0.25, 0.3) is 10.9 Å². The number of amides is 1. The van der Waals surface area contributed by atoms with Gasteiger partial charge in [-0.05, 0) is 24.6 Å². The third kappa shape index (κ3) is 3.68. The van der Waals surface area contributed by atoms with Crippen LogP contribution in [0.1, 0.15) is 23.3 Å². The topological polar surface area (TPSA) is 79.3 Å².